The summed E-state index contributed by atoms with van der Waals surface area (Å²) in [6.07, 6.45) is 5.69. The molecule has 0 spiro atoms. The van der Waals surface area contributed by atoms with Gasteiger partial charge in [0, 0.05) is 69.3 Å². The number of ether oxygens (including phenoxy) is 1. The van der Waals surface area contributed by atoms with Crippen LogP contribution in [-0.2, 0) is 4.79 Å². The van der Waals surface area contributed by atoms with E-state index >= 15 is 0 Å². The first-order valence-corrected chi connectivity index (χ1v) is 11.9. The van der Waals surface area contributed by atoms with E-state index in [9.17, 15) is 4.79 Å². The van der Waals surface area contributed by atoms with Crippen molar-refractivity contribution in [2.75, 3.05) is 56.2 Å². The third-order valence-corrected chi connectivity index (χ3v) is 7.35. The quantitative estimate of drug-likeness (QED) is 0.593. The van der Waals surface area contributed by atoms with Crippen LogP contribution in [0.2, 0.25) is 0 Å². The molecule has 3 aromatic rings. The summed E-state index contributed by atoms with van der Waals surface area (Å²) in [5, 5.41) is 10.5. The fourth-order valence-corrected chi connectivity index (χ4v) is 5.34. The van der Waals surface area contributed by atoms with Crippen LogP contribution in [0, 0.1) is 5.92 Å². The Hall–Kier alpha value is -3.07. The molecule has 1 amide bonds. The van der Waals surface area contributed by atoms with Gasteiger partial charge in [0.15, 0.2) is 0 Å². The van der Waals surface area contributed by atoms with Crippen molar-refractivity contribution in [3.05, 3.63) is 48.8 Å². The third-order valence-electron chi connectivity index (χ3n) is 6.35. The SMILES string of the molecule is COc1cccc(N2CCN(C(=O)C3CCN(c4nnc(-n5cccc5)s4)CC3)CC2)c1. The Bertz CT molecular complexity index is 1040. The first kappa shape index (κ1) is 20.8. The second-order valence-corrected chi connectivity index (χ2v) is 9.17. The van der Waals surface area contributed by atoms with Crippen LogP contribution in [0.25, 0.3) is 5.13 Å². The number of methoxy groups -OCH3 is 1. The first-order chi connectivity index (χ1) is 15.7. The van der Waals surface area contributed by atoms with E-state index in [4.69, 9.17) is 4.74 Å². The van der Waals surface area contributed by atoms with Gasteiger partial charge in [-0.3, -0.25) is 9.36 Å². The lowest BCUT2D eigenvalue weighted by molar-refractivity contribution is -0.136. The van der Waals surface area contributed by atoms with Crippen LogP contribution < -0.4 is 14.5 Å². The van der Waals surface area contributed by atoms with E-state index in [-0.39, 0.29) is 5.92 Å². The van der Waals surface area contributed by atoms with E-state index in [1.807, 2.05) is 46.1 Å². The molecule has 0 radical (unpaired) electrons. The zero-order chi connectivity index (χ0) is 21.9. The zero-order valence-corrected chi connectivity index (χ0v) is 19.1. The predicted molar refractivity (Wildman–Crippen MR) is 126 cm³/mol. The third kappa shape index (κ3) is 4.29. The van der Waals surface area contributed by atoms with E-state index in [1.54, 1.807) is 18.4 Å². The number of carbonyl (C=O) groups is 1. The number of piperidine rings is 1. The van der Waals surface area contributed by atoms with Crippen molar-refractivity contribution >= 4 is 28.1 Å². The molecule has 5 rings (SSSR count). The number of hydrogen-bond acceptors (Lipinski definition) is 7. The van der Waals surface area contributed by atoms with Crippen LogP contribution in [-0.4, -0.2) is 71.9 Å². The predicted octanol–water partition coefficient (Wildman–Crippen LogP) is 2.90. The van der Waals surface area contributed by atoms with E-state index < -0.39 is 0 Å². The van der Waals surface area contributed by atoms with Crippen molar-refractivity contribution in [2.45, 2.75) is 12.8 Å². The summed E-state index contributed by atoms with van der Waals surface area (Å²) in [6.45, 7) is 4.94. The molecule has 168 valence electrons. The van der Waals surface area contributed by atoms with Gasteiger partial charge < -0.3 is 19.4 Å². The second kappa shape index (κ2) is 9.20. The molecule has 4 heterocycles. The fraction of sp³-hybridized carbons (Fsp3) is 0.435. The van der Waals surface area contributed by atoms with Gasteiger partial charge in [0.1, 0.15) is 5.75 Å². The van der Waals surface area contributed by atoms with Gasteiger partial charge in [-0.2, -0.15) is 0 Å². The normalized spacial score (nSPS) is 17.6. The second-order valence-electron chi connectivity index (χ2n) is 8.23. The van der Waals surface area contributed by atoms with Crippen molar-refractivity contribution < 1.29 is 9.53 Å². The molecule has 1 aromatic carbocycles. The number of benzene rings is 1. The summed E-state index contributed by atoms with van der Waals surface area (Å²) < 4.78 is 7.32. The maximum atomic E-state index is 13.1. The lowest BCUT2D eigenvalue weighted by atomic mass is 9.95. The van der Waals surface area contributed by atoms with Crippen LogP contribution in [0.3, 0.4) is 0 Å². The number of rotatable bonds is 5. The Morgan fingerprint density at radius 2 is 1.66 bits per heavy atom. The van der Waals surface area contributed by atoms with Gasteiger partial charge in [0.2, 0.25) is 16.2 Å². The average Bonchev–Trinajstić information content (AvgIpc) is 3.56. The van der Waals surface area contributed by atoms with Crippen LogP contribution in [0.15, 0.2) is 48.8 Å². The summed E-state index contributed by atoms with van der Waals surface area (Å²) in [6, 6.07) is 12.1. The fourth-order valence-electron chi connectivity index (χ4n) is 4.47. The monoisotopic (exact) mass is 452 g/mol. The van der Waals surface area contributed by atoms with Gasteiger partial charge in [-0.15, -0.1) is 10.2 Å². The van der Waals surface area contributed by atoms with Crippen LogP contribution in [0.5, 0.6) is 5.75 Å². The van der Waals surface area contributed by atoms with E-state index in [0.717, 1.165) is 73.8 Å². The summed E-state index contributed by atoms with van der Waals surface area (Å²) >= 11 is 1.59. The average molecular weight is 453 g/mol. The maximum Gasteiger partial charge on any atom is 0.225 e. The summed E-state index contributed by atoms with van der Waals surface area (Å²) in [5.41, 5.74) is 1.15. The van der Waals surface area contributed by atoms with Gasteiger partial charge in [-0.05, 0) is 37.1 Å². The molecule has 2 aromatic heterocycles. The van der Waals surface area contributed by atoms with Gasteiger partial charge in [-0.25, -0.2) is 0 Å². The zero-order valence-electron chi connectivity index (χ0n) is 18.3. The maximum absolute atomic E-state index is 13.1. The summed E-state index contributed by atoms with van der Waals surface area (Å²) in [7, 11) is 1.69. The molecule has 0 unspecified atom stereocenters. The molecule has 2 aliphatic heterocycles. The Balaban J connectivity index is 1.13. The molecule has 2 aliphatic rings. The minimum absolute atomic E-state index is 0.103. The largest absolute Gasteiger partial charge is 0.497 e. The lowest BCUT2D eigenvalue weighted by Gasteiger charge is -2.39. The van der Waals surface area contributed by atoms with Crippen molar-refractivity contribution in [3.63, 3.8) is 0 Å². The Morgan fingerprint density at radius 3 is 2.38 bits per heavy atom. The Kier molecular flexibility index (Phi) is 5.98. The molecule has 2 fully saturated rings. The molecule has 32 heavy (non-hydrogen) atoms. The van der Waals surface area contributed by atoms with Crippen LogP contribution >= 0.6 is 11.3 Å². The number of anilines is 2. The van der Waals surface area contributed by atoms with Gasteiger partial charge >= 0.3 is 0 Å². The van der Waals surface area contributed by atoms with Crippen molar-refractivity contribution in [2.24, 2.45) is 5.92 Å². The lowest BCUT2D eigenvalue weighted by Crippen LogP contribution is -2.51. The number of piperazine rings is 1. The Labute approximate surface area is 192 Å². The summed E-state index contributed by atoms with van der Waals surface area (Å²) in [4.78, 5) is 19.8. The molecule has 0 saturated carbocycles. The number of carbonyl (C=O) groups excluding carboxylic acids is 1. The van der Waals surface area contributed by atoms with E-state index in [0.29, 0.717) is 5.91 Å². The van der Waals surface area contributed by atoms with Gasteiger partial charge in [0.05, 0.1) is 7.11 Å². The van der Waals surface area contributed by atoms with Crippen molar-refractivity contribution in [3.8, 4) is 10.9 Å². The number of hydrogen-bond donors (Lipinski definition) is 0. The van der Waals surface area contributed by atoms with Crippen molar-refractivity contribution in [1.82, 2.24) is 19.7 Å². The standard InChI is InChI=1S/C23H28N6O2S/c1-31-20-6-4-5-19(17-20)26-13-15-27(16-14-26)21(30)18-7-11-29(12-8-18)23-25-24-22(32-23)28-9-2-3-10-28/h2-6,9-10,17-18H,7-8,11-16H2,1H3. The van der Waals surface area contributed by atoms with Crippen LogP contribution in [0.1, 0.15) is 12.8 Å². The number of amides is 1. The topological polar surface area (TPSA) is 66.7 Å². The summed E-state index contributed by atoms with van der Waals surface area (Å²) in [5.74, 6) is 1.27. The molecule has 0 aliphatic carbocycles. The van der Waals surface area contributed by atoms with Gasteiger partial charge in [-0.1, -0.05) is 17.4 Å². The van der Waals surface area contributed by atoms with E-state index in [1.165, 1.54) is 0 Å². The molecular formula is C23H28N6O2S. The number of nitrogens with zero attached hydrogens (tertiary/aromatic N) is 6. The molecule has 8 nitrogen and oxygen atoms in total. The molecule has 2 saturated heterocycles. The van der Waals surface area contributed by atoms with Crippen LogP contribution in [0.4, 0.5) is 10.8 Å². The highest BCUT2D eigenvalue weighted by molar-refractivity contribution is 7.17. The minimum atomic E-state index is 0.103. The highest BCUT2D eigenvalue weighted by Crippen LogP contribution is 2.29. The highest BCUT2D eigenvalue weighted by Gasteiger charge is 2.31. The molecule has 9 heteroatoms. The van der Waals surface area contributed by atoms with Gasteiger partial charge in [0.25, 0.3) is 0 Å². The number of aromatic nitrogens is 3. The molecule has 0 bridgehead atoms. The smallest absolute Gasteiger partial charge is 0.225 e. The highest BCUT2D eigenvalue weighted by atomic mass is 32.1. The first-order valence-electron chi connectivity index (χ1n) is 11.1. The van der Waals surface area contributed by atoms with Crippen molar-refractivity contribution in [1.29, 1.82) is 0 Å². The van der Waals surface area contributed by atoms with E-state index in [2.05, 4.69) is 32.1 Å². The Morgan fingerprint density at radius 1 is 0.938 bits per heavy atom. The molecule has 0 atom stereocenters. The molecule has 0 N–H and O–H groups in total. The molecular weight excluding hydrogens is 424 g/mol. The minimum Gasteiger partial charge on any atom is -0.497 e.